The molecule has 2 aromatic rings. The molecule has 1 unspecified atom stereocenters. The minimum absolute atomic E-state index is 0.0165. The number of hydrogen-bond donors (Lipinski definition) is 0. The largest absolute Gasteiger partial charge is 0.375 e. The van der Waals surface area contributed by atoms with Crippen molar-refractivity contribution in [1.29, 1.82) is 0 Å². The van der Waals surface area contributed by atoms with E-state index in [9.17, 15) is 9.18 Å². The predicted molar refractivity (Wildman–Crippen MR) is 88.3 cm³/mol. The maximum Gasteiger partial charge on any atom is 0.252 e. The van der Waals surface area contributed by atoms with Gasteiger partial charge in [-0.2, -0.15) is 4.98 Å². The fourth-order valence-electron chi connectivity index (χ4n) is 3.25. The third kappa shape index (κ3) is 4.04. The summed E-state index contributed by atoms with van der Waals surface area (Å²) in [6.07, 6.45) is 1.93. The predicted octanol–water partition coefficient (Wildman–Crippen LogP) is 2.48. The van der Waals surface area contributed by atoms with Crippen LogP contribution in [0.5, 0.6) is 0 Å². The van der Waals surface area contributed by atoms with Gasteiger partial charge in [-0.3, -0.25) is 4.79 Å². The number of benzene rings is 1. The lowest BCUT2D eigenvalue weighted by molar-refractivity contribution is -0.132. The standard InChI is InChI=1S/C18H22FN3O3/c1-18(17-20-15(11-24-2)25-21-17)7-4-8-22(12-18)16(23)10-13-5-3-6-14(19)9-13/h3,5-6,9H,4,7-8,10-12H2,1-2H3. The average Bonchev–Trinajstić information content (AvgIpc) is 3.05. The Kier molecular flexibility index (Phi) is 5.13. The van der Waals surface area contributed by atoms with Crippen LogP contribution in [0, 0.1) is 5.82 Å². The maximum absolute atomic E-state index is 13.3. The minimum atomic E-state index is -0.356. The molecule has 2 heterocycles. The molecule has 0 spiro atoms. The summed E-state index contributed by atoms with van der Waals surface area (Å²) in [5.74, 6) is 0.688. The van der Waals surface area contributed by atoms with Crippen molar-refractivity contribution in [2.45, 2.75) is 38.2 Å². The number of nitrogens with zero attached hydrogens (tertiary/aromatic N) is 3. The van der Waals surface area contributed by atoms with Gasteiger partial charge in [0, 0.05) is 25.6 Å². The number of ether oxygens (including phenoxy) is 1. The first kappa shape index (κ1) is 17.5. The molecule has 6 nitrogen and oxygen atoms in total. The van der Waals surface area contributed by atoms with Crippen molar-refractivity contribution in [3.8, 4) is 0 Å². The molecular formula is C18H22FN3O3. The van der Waals surface area contributed by atoms with E-state index in [0.29, 0.717) is 30.4 Å². The number of hydrogen-bond acceptors (Lipinski definition) is 5. The van der Waals surface area contributed by atoms with Crippen molar-refractivity contribution in [3.63, 3.8) is 0 Å². The Labute approximate surface area is 146 Å². The lowest BCUT2D eigenvalue weighted by Gasteiger charge is -2.38. The van der Waals surface area contributed by atoms with Gasteiger partial charge in [-0.1, -0.05) is 24.2 Å². The molecule has 0 saturated carbocycles. The van der Waals surface area contributed by atoms with Gasteiger partial charge in [0.25, 0.3) is 5.89 Å². The summed E-state index contributed by atoms with van der Waals surface area (Å²) in [4.78, 5) is 18.8. The first-order valence-electron chi connectivity index (χ1n) is 8.34. The highest BCUT2D eigenvalue weighted by molar-refractivity contribution is 5.79. The molecule has 1 aliphatic heterocycles. The van der Waals surface area contributed by atoms with E-state index in [-0.39, 0.29) is 30.2 Å². The monoisotopic (exact) mass is 347 g/mol. The number of carbonyl (C=O) groups excluding carboxylic acids is 1. The third-order valence-corrected chi connectivity index (χ3v) is 4.57. The molecule has 1 atom stereocenters. The molecule has 3 rings (SSSR count). The molecule has 1 aliphatic rings. The third-order valence-electron chi connectivity index (χ3n) is 4.57. The average molecular weight is 347 g/mol. The number of likely N-dealkylation sites (tertiary alicyclic amines) is 1. The fourth-order valence-corrected chi connectivity index (χ4v) is 3.25. The van der Waals surface area contributed by atoms with E-state index in [1.54, 1.807) is 24.1 Å². The maximum atomic E-state index is 13.3. The zero-order valence-electron chi connectivity index (χ0n) is 14.5. The summed E-state index contributed by atoms with van der Waals surface area (Å²) in [7, 11) is 1.57. The van der Waals surface area contributed by atoms with E-state index in [1.807, 2.05) is 6.92 Å². The molecule has 1 saturated heterocycles. The molecule has 134 valence electrons. The summed E-state index contributed by atoms with van der Waals surface area (Å²) >= 11 is 0. The first-order valence-corrected chi connectivity index (χ1v) is 8.34. The molecule has 1 aromatic carbocycles. The zero-order valence-corrected chi connectivity index (χ0v) is 14.5. The smallest absolute Gasteiger partial charge is 0.252 e. The lowest BCUT2D eigenvalue weighted by Crippen LogP contribution is -2.48. The van der Waals surface area contributed by atoms with Crippen LogP contribution in [-0.2, 0) is 28.0 Å². The normalized spacial score (nSPS) is 20.7. The second kappa shape index (κ2) is 7.31. The van der Waals surface area contributed by atoms with Gasteiger partial charge < -0.3 is 14.2 Å². The molecule has 1 amide bonds. The van der Waals surface area contributed by atoms with E-state index in [0.717, 1.165) is 12.8 Å². The molecule has 1 aromatic heterocycles. The van der Waals surface area contributed by atoms with Crippen LogP contribution in [0.3, 0.4) is 0 Å². The second-order valence-corrected chi connectivity index (χ2v) is 6.73. The topological polar surface area (TPSA) is 68.5 Å². The number of amides is 1. The van der Waals surface area contributed by atoms with Crippen molar-refractivity contribution in [2.24, 2.45) is 0 Å². The Morgan fingerprint density at radius 3 is 3.08 bits per heavy atom. The van der Waals surface area contributed by atoms with Crippen molar-refractivity contribution in [3.05, 3.63) is 47.4 Å². The van der Waals surface area contributed by atoms with E-state index in [4.69, 9.17) is 9.26 Å². The highest BCUT2D eigenvalue weighted by atomic mass is 19.1. The second-order valence-electron chi connectivity index (χ2n) is 6.73. The van der Waals surface area contributed by atoms with E-state index in [1.165, 1.54) is 12.1 Å². The van der Waals surface area contributed by atoms with Crippen LogP contribution >= 0.6 is 0 Å². The quantitative estimate of drug-likeness (QED) is 0.831. The van der Waals surface area contributed by atoms with E-state index in [2.05, 4.69) is 10.1 Å². The summed E-state index contributed by atoms with van der Waals surface area (Å²) in [5, 5.41) is 4.07. The number of carbonyl (C=O) groups is 1. The van der Waals surface area contributed by atoms with Gasteiger partial charge in [-0.05, 0) is 30.5 Å². The molecule has 7 heteroatoms. The molecule has 25 heavy (non-hydrogen) atoms. The Hall–Kier alpha value is -2.28. The minimum Gasteiger partial charge on any atom is -0.375 e. The number of aromatic nitrogens is 2. The summed E-state index contributed by atoms with van der Waals surface area (Å²) in [6, 6.07) is 6.16. The van der Waals surface area contributed by atoms with Gasteiger partial charge >= 0.3 is 0 Å². The van der Waals surface area contributed by atoms with Crippen LogP contribution in [0.15, 0.2) is 28.8 Å². The van der Waals surface area contributed by atoms with Gasteiger partial charge in [0.05, 0.1) is 6.42 Å². The van der Waals surface area contributed by atoms with Gasteiger partial charge in [0.2, 0.25) is 5.91 Å². The summed E-state index contributed by atoms with van der Waals surface area (Å²) < 4.78 is 23.5. The molecule has 0 bridgehead atoms. The Morgan fingerprint density at radius 1 is 1.48 bits per heavy atom. The summed E-state index contributed by atoms with van der Waals surface area (Å²) in [6.45, 7) is 3.51. The van der Waals surface area contributed by atoms with E-state index < -0.39 is 0 Å². The number of halogens is 1. The highest BCUT2D eigenvalue weighted by Gasteiger charge is 2.38. The van der Waals surface area contributed by atoms with Crippen molar-refractivity contribution in [2.75, 3.05) is 20.2 Å². The fraction of sp³-hybridized carbons (Fsp3) is 0.500. The number of piperidine rings is 1. The highest BCUT2D eigenvalue weighted by Crippen LogP contribution is 2.32. The van der Waals surface area contributed by atoms with Crippen LogP contribution < -0.4 is 0 Å². The molecule has 1 fully saturated rings. The lowest BCUT2D eigenvalue weighted by atomic mass is 9.81. The number of rotatable bonds is 5. The van der Waals surface area contributed by atoms with Gasteiger partial charge in [-0.25, -0.2) is 4.39 Å². The zero-order chi connectivity index (χ0) is 17.9. The van der Waals surface area contributed by atoms with Crippen LogP contribution in [0.1, 0.15) is 37.0 Å². The SMILES string of the molecule is COCc1nc(C2(C)CCCN(C(=O)Cc3cccc(F)c3)C2)no1. The van der Waals surface area contributed by atoms with Gasteiger partial charge in [-0.15, -0.1) is 0 Å². The Balaban J connectivity index is 1.70. The number of methoxy groups -OCH3 is 1. The molecule has 0 N–H and O–H groups in total. The van der Waals surface area contributed by atoms with Crippen molar-refractivity contribution < 1.29 is 18.4 Å². The van der Waals surface area contributed by atoms with Crippen LogP contribution in [0.4, 0.5) is 4.39 Å². The van der Waals surface area contributed by atoms with Gasteiger partial charge in [0.1, 0.15) is 12.4 Å². The van der Waals surface area contributed by atoms with Crippen molar-refractivity contribution in [1.82, 2.24) is 15.0 Å². The molecule has 0 radical (unpaired) electrons. The van der Waals surface area contributed by atoms with Gasteiger partial charge in [0.15, 0.2) is 5.82 Å². The molecular weight excluding hydrogens is 325 g/mol. The first-order chi connectivity index (χ1) is 12.0. The Morgan fingerprint density at radius 2 is 2.32 bits per heavy atom. The van der Waals surface area contributed by atoms with Crippen LogP contribution in [-0.4, -0.2) is 41.1 Å². The Bertz CT molecular complexity index is 749. The van der Waals surface area contributed by atoms with Crippen LogP contribution in [0.25, 0.3) is 0 Å². The summed E-state index contributed by atoms with van der Waals surface area (Å²) in [5.41, 5.74) is 0.324. The molecule has 0 aliphatic carbocycles. The van der Waals surface area contributed by atoms with Crippen molar-refractivity contribution >= 4 is 5.91 Å². The van der Waals surface area contributed by atoms with Crippen LogP contribution in [0.2, 0.25) is 0 Å². The van der Waals surface area contributed by atoms with E-state index >= 15 is 0 Å².